The molecule has 206 valence electrons. The van der Waals surface area contributed by atoms with Gasteiger partial charge in [-0.05, 0) is 77.2 Å². The maximum Gasteiger partial charge on any atom is 0.320 e. The van der Waals surface area contributed by atoms with Crippen molar-refractivity contribution in [3.8, 4) is 0 Å². The predicted molar refractivity (Wildman–Crippen MR) is 153 cm³/mol. The first kappa shape index (κ1) is 26.8. The molecular weight excluding hydrogens is 458 g/mol. The Labute approximate surface area is 225 Å². The van der Waals surface area contributed by atoms with E-state index in [4.69, 9.17) is 0 Å². The fourth-order valence-electron chi connectivity index (χ4n) is 7.70. The van der Waals surface area contributed by atoms with Gasteiger partial charge in [-0.1, -0.05) is 50.3 Å². The summed E-state index contributed by atoms with van der Waals surface area (Å²) in [6.07, 6.45) is 14.2. The highest BCUT2D eigenvalue weighted by Crippen LogP contribution is 2.42. The Morgan fingerprint density at radius 3 is 2.24 bits per heavy atom. The van der Waals surface area contributed by atoms with Gasteiger partial charge in [0.15, 0.2) is 0 Å². The molecule has 1 unspecified atom stereocenters. The summed E-state index contributed by atoms with van der Waals surface area (Å²) >= 11 is 0. The lowest BCUT2D eigenvalue weighted by molar-refractivity contribution is -0.0750. The first-order chi connectivity index (χ1) is 18.0. The molecule has 1 aliphatic carbocycles. The van der Waals surface area contributed by atoms with E-state index in [1.54, 1.807) is 0 Å². The molecule has 3 aliphatic heterocycles. The molecule has 1 saturated carbocycles. The second kappa shape index (κ2) is 12.4. The molecule has 0 N–H and O–H groups in total. The third-order valence-corrected chi connectivity index (χ3v) is 9.58. The van der Waals surface area contributed by atoms with E-state index in [1.807, 2.05) is 0 Å². The van der Waals surface area contributed by atoms with E-state index in [2.05, 4.69) is 68.9 Å². The van der Waals surface area contributed by atoms with Crippen molar-refractivity contribution >= 4 is 11.7 Å². The number of likely N-dealkylation sites (tertiary alicyclic amines) is 2. The number of carbonyl (C=O) groups excluding carboxylic acids is 1. The van der Waals surface area contributed by atoms with Crippen molar-refractivity contribution in [3.05, 3.63) is 30.3 Å². The minimum absolute atomic E-state index is 0.147. The van der Waals surface area contributed by atoms with Gasteiger partial charge in [-0.25, -0.2) is 4.79 Å². The summed E-state index contributed by atoms with van der Waals surface area (Å²) < 4.78 is 0. The molecule has 1 aromatic carbocycles. The van der Waals surface area contributed by atoms with Crippen LogP contribution in [0.15, 0.2) is 30.3 Å². The zero-order valence-electron chi connectivity index (χ0n) is 23.6. The highest BCUT2D eigenvalue weighted by atomic mass is 16.2. The minimum atomic E-state index is 0.147. The van der Waals surface area contributed by atoms with Crippen molar-refractivity contribution in [1.82, 2.24) is 19.6 Å². The van der Waals surface area contributed by atoms with E-state index in [1.165, 1.54) is 76.3 Å². The quantitative estimate of drug-likeness (QED) is 0.461. The van der Waals surface area contributed by atoms with Crippen LogP contribution in [0.1, 0.15) is 70.6 Å². The van der Waals surface area contributed by atoms with Crippen LogP contribution in [0.25, 0.3) is 0 Å². The summed E-state index contributed by atoms with van der Waals surface area (Å²) in [6, 6.07) is 11.9. The average Bonchev–Trinajstić information content (AvgIpc) is 3.55. The number of carbonyl (C=O) groups is 1. The fraction of sp³-hybridized carbons (Fsp3) is 0.774. The Morgan fingerprint density at radius 1 is 0.865 bits per heavy atom. The summed E-state index contributed by atoms with van der Waals surface area (Å²) in [6.45, 7) is 8.30. The molecule has 37 heavy (non-hydrogen) atoms. The van der Waals surface area contributed by atoms with Gasteiger partial charge >= 0.3 is 6.03 Å². The minimum Gasteiger partial charge on any atom is -0.370 e. The number of benzene rings is 1. The molecule has 1 atom stereocenters. The van der Waals surface area contributed by atoms with Crippen LogP contribution in [0.3, 0.4) is 0 Å². The van der Waals surface area contributed by atoms with Gasteiger partial charge in [-0.3, -0.25) is 4.90 Å². The zero-order valence-corrected chi connectivity index (χ0v) is 23.6. The SMILES string of the molecule is CN(C)CCCN(C1CCCCN(c2ccccc2)C1)C1(CC2CCCC2)CN(C(=O)N2CCCC2)C1. The van der Waals surface area contributed by atoms with Gasteiger partial charge < -0.3 is 19.6 Å². The lowest BCUT2D eigenvalue weighted by atomic mass is 9.77. The topological polar surface area (TPSA) is 33.3 Å². The van der Waals surface area contributed by atoms with Gasteiger partial charge in [0.05, 0.1) is 5.54 Å². The summed E-state index contributed by atoms with van der Waals surface area (Å²) in [5.74, 6) is 0.830. The third-order valence-electron chi connectivity index (χ3n) is 9.58. The fourth-order valence-corrected chi connectivity index (χ4v) is 7.70. The van der Waals surface area contributed by atoms with Crippen LogP contribution >= 0.6 is 0 Å². The second-order valence-electron chi connectivity index (χ2n) is 12.7. The van der Waals surface area contributed by atoms with Crippen LogP contribution in [-0.2, 0) is 0 Å². The Hall–Kier alpha value is -1.79. The van der Waals surface area contributed by atoms with Gasteiger partial charge in [0.25, 0.3) is 0 Å². The molecule has 1 aromatic rings. The first-order valence-corrected chi connectivity index (χ1v) is 15.3. The summed E-state index contributed by atoms with van der Waals surface area (Å²) in [4.78, 5) is 25.6. The molecule has 6 nitrogen and oxygen atoms in total. The van der Waals surface area contributed by atoms with E-state index in [-0.39, 0.29) is 5.54 Å². The van der Waals surface area contributed by atoms with E-state index in [9.17, 15) is 4.79 Å². The van der Waals surface area contributed by atoms with Crippen LogP contribution < -0.4 is 4.90 Å². The van der Waals surface area contributed by atoms with Crippen molar-refractivity contribution in [2.24, 2.45) is 5.92 Å². The predicted octanol–water partition coefficient (Wildman–Crippen LogP) is 5.15. The number of hydrogen-bond acceptors (Lipinski definition) is 4. The number of urea groups is 1. The molecule has 6 heteroatoms. The second-order valence-corrected chi connectivity index (χ2v) is 12.7. The van der Waals surface area contributed by atoms with Gasteiger partial charge in [0.1, 0.15) is 0 Å². The number of amides is 2. The van der Waals surface area contributed by atoms with Gasteiger partial charge in [0.2, 0.25) is 0 Å². The molecule has 4 fully saturated rings. The number of hydrogen-bond donors (Lipinski definition) is 0. The number of anilines is 1. The van der Waals surface area contributed by atoms with Crippen LogP contribution in [-0.4, -0.2) is 104 Å². The molecular formula is C31H51N5O. The standard InChI is InChI=1S/C31H51N5O/c1-32(2)18-12-22-36(29-17-8-9-21-34(24-29)28-15-4-3-5-16-28)31(23-27-13-6-7-14-27)25-35(26-31)30(37)33-19-10-11-20-33/h3-5,15-16,27,29H,6-14,17-26H2,1-2H3. The van der Waals surface area contributed by atoms with Crippen LogP contribution in [0.4, 0.5) is 10.5 Å². The molecule has 0 spiro atoms. The highest BCUT2D eigenvalue weighted by molar-refractivity contribution is 5.76. The summed E-state index contributed by atoms with van der Waals surface area (Å²) in [7, 11) is 4.39. The summed E-state index contributed by atoms with van der Waals surface area (Å²) in [5, 5.41) is 0. The number of rotatable bonds is 9. The highest BCUT2D eigenvalue weighted by Gasteiger charge is 2.53. The Balaban J connectivity index is 1.38. The maximum absolute atomic E-state index is 13.4. The molecule has 4 aliphatic rings. The van der Waals surface area contributed by atoms with Crippen LogP contribution in [0.5, 0.6) is 0 Å². The lowest BCUT2D eigenvalue weighted by Crippen LogP contribution is -2.75. The molecule has 2 amide bonds. The number of para-hydroxylation sites is 1. The van der Waals surface area contributed by atoms with Crippen molar-refractivity contribution in [2.75, 3.05) is 71.4 Å². The maximum atomic E-state index is 13.4. The molecule has 5 rings (SSSR count). The van der Waals surface area contributed by atoms with E-state index < -0.39 is 0 Å². The monoisotopic (exact) mass is 509 g/mol. The Bertz CT molecular complexity index is 842. The van der Waals surface area contributed by atoms with Crippen molar-refractivity contribution < 1.29 is 4.79 Å². The smallest absolute Gasteiger partial charge is 0.320 e. The molecule has 3 saturated heterocycles. The molecule has 0 radical (unpaired) electrons. The molecule has 0 bridgehead atoms. The Morgan fingerprint density at radius 2 is 1.54 bits per heavy atom. The lowest BCUT2D eigenvalue weighted by Gasteiger charge is -2.59. The Kier molecular flexibility index (Phi) is 8.97. The van der Waals surface area contributed by atoms with Crippen LogP contribution in [0.2, 0.25) is 0 Å². The van der Waals surface area contributed by atoms with Gasteiger partial charge in [0, 0.05) is 57.5 Å². The van der Waals surface area contributed by atoms with Crippen molar-refractivity contribution in [3.63, 3.8) is 0 Å². The van der Waals surface area contributed by atoms with E-state index in [0.29, 0.717) is 12.1 Å². The number of nitrogens with zero attached hydrogens (tertiary/aromatic N) is 5. The van der Waals surface area contributed by atoms with Crippen molar-refractivity contribution in [2.45, 2.75) is 82.2 Å². The largest absolute Gasteiger partial charge is 0.370 e. The zero-order chi connectivity index (χ0) is 25.7. The third kappa shape index (κ3) is 6.44. The van der Waals surface area contributed by atoms with E-state index in [0.717, 1.165) is 58.3 Å². The molecule has 3 heterocycles. The van der Waals surface area contributed by atoms with Gasteiger partial charge in [-0.15, -0.1) is 0 Å². The van der Waals surface area contributed by atoms with E-state index >= 15 is 0 Å². The first-order valence-electron chi connectivity index (χ1n) is 15.3. The normalized spacial score (nSPS) is 24.6. The van der Waals surface area contributed by atoms with Crippen molar-refractivity contribution in [1.29, 1.82) is 0 Å². The average molecular weight is 510 g/mol. The summed E-state index contributed by atoms with van der Waals surface area (Å²) in [5.41, 5.74) is 1.51. The van der Waals surface area contributed by atoms with Gasteiger partial charge in [-0.2, -0.15) is 0 Å². The van der Waals surface area contributed by atoms with Crippen LogP contribution in [0, 0.1) is 5.92 Å². The molecule has 0 aromatic heterocycles.